The van der Waals surface area contributed by atoms with Crippen LogP contribution in [-0.4, -0.2) is 14.6 Å². The van der Waals surface area contributed by atoms with E-state index in [0.717, 1.165) is 17.2 Å². The molecule has 0 aliphatic carbocycles. The molecule has 0 radical (unpaired) electrons. The van der Waals surface area contributed by atoms with Gasteiger partial charge in [-0.3, -0.25) is 0 Å². The molecule has 3 heterocycles. The number of nitrogens with zero attached hydrogens (tertiary/aromatic N) is 3. The Labute approximate surface area is 122 Å². The fraction of sp³-hybridized carbons (Fsp3) is 0.231. The third-order valence-corrected chi connectivity index (χ3v) is 4.00. The molecule has 0 aromatic carbocycles. The zero-order valence-electron chi connectivity index (χ0n) is 11.0. The summed E-state index contributed by atoms with van der Waals surface area (Å²) in [5.74, 6) is 0.381. The first kappa shape index (κ1) is 13.9. The number of thiophene rings is 1. The molecule has 3 aromatic heterocycles. The summed E-state index contributed by atoms with van der Waals surface area (Å²) in [6, 6.07) is 0.996. The SMILES string of the molecule is Cc1cscc1CNc1nccn2nc(C(F)(F)F)cc12. The van der Waals surface area contributed by atoms with Crippen LogP contribution in [0.25, 0.3) is 5.52 Å². The standard InChI is InChI=1S/C13H11F3N4S/c1-8-6-21-7-9(8)5-18-12-10-4-11(13(14,15)16)19-20(10)3-2-17-12/h2-4,6-7H,5H2,1H3,(H,17,18). The molecule has 0 bridgehead atoms. The topological polar surface area (TPSA) is 42.2 Å². The van der Waals surface area contributed by atoms with Crippen LogP contribution in [0.4, 0.5) is 19.0 Å². The minimum atomic E-state index is -4.47. The maximum absolute atomic E-state index is 12.7. The van der Waals surface area contributed by atoms with Gasteiger partial charge in [0.1, 0.15) is 5.52 Å². The van der Waals surface area contributed by atoms with Crippen LogP contribution in [0.2, 0.25) is 0 Å². The van der Waals surface area contributed by atoms with Crippen LogP contribution in [0, 0.1) is 6.92 Å². The van der Waals surface area contributed by atoms with Gasteiger partial charge in [0.15, 0.2) is 11.5 Å². The highest BCUT2D eigenvalue weighted by molar-refractivity contribution is 7.08. The Bertz CT molecular complexity index is 775. The van der Waals surface area contributed by atoms with Crippen molar-refractivity contribution in [2.75, 3.05) is 5.32 Å². The number of nitrogens with one attached hydrogen (secondary N) is 1. The van der Waals surface area contributed by atoms with E-state index in [-0.39, 0.29) is 0 Å². The van der Waals surface area contributed by atoms with E-state index >= 15 is 0 Å². The van der Waals surface area contributed by atoms with Gasteiger partial charge in [-0.1, -0.05) is 0 Å². The van der Waals surface area contributed by atoms with E-state index in [9.17, 15) is 13.2 Å². The van der Waals surface area contributed by atoms with Gasteiger partial charge in [-0.25, -0.2) is 9.50 Å². The Hall–Kier alpha value is -2.09. The van der Waals surface area contributed by atoms with Crippen LogP contribution in [0.3, 0.4) is 0 Å². The van der Waals surface area contributed by atoms with Crippen molar-refractivity contribution in [3.05, 3.63) is 46.0 Å². The van der Waals surface area contributed by atoms with Crippen molar-refractivity contribution in [1.29, 1.82) is 0 Å². The molecule has 0 spiro atoms. The molecule has 3 rings (SSSR count). The van der Waals surface area contributed by atoms with Crippen molar-refractivity contribution >= 4 is 22.7 Å². The van der Waals surface area contributed by atoms with Gasteiger partial charge in [-0.2, -0.15) is 29.6 Å². The van der Waals surface area contributed by atoms with Crippen LogP contribution in [0.15, 0.2) is 29.2 Å². The number of halogens is 3. The Balaban J connectivity index is 1.92. The van der Waals surface area contributed by atoms with Crippen molar-refractivity contribution in [3.8, 4) is 0 Å². The number of aryl methyl sites for hydroxylation is 1. The number of alkyl halides is 3. The van der Waals surface area contributed by atoms with Crippen LogP contribution >= 0.6 is 11.3 Å². The Morgan fingerprint density at radius 1 is 1.33 bits per heavy atom. The summed E-state index contributed by atoms with van der Waals surface area (Å²) >= 11 is 1.59. The minimum Gasteiger partial charge on any atom is -0.364 e. The molecule has 0 atom stereocenters. The van der Waals surface area contributed by atoms with Crippen LogP contribution in [0.5, 0.6) is 0 Å². The highest BCUT2D eigenvalue weighted by Gasteiger charge is 2.34. The molecular formula is C13H11F3N4S. The van der Waals surface area contributed by atoms with Gasteiger partial charge in [0, 0.05) is 25.0 Å². The number of fused-ring (bicyclic) bond motifs is 1. The number of hydrogen-bond donors (Lipinski definition) is 1. The number of aromatic nitrogens is 3. The molecule has 0 aliphatic rings. The predicted molar refractivity (Wildman–Crippen MR) is 74.4 cm³/mol. The van der Waals surface area contributed by atoms with Crippen LogP contribution in [-0.2, 0) is 12.7 Å². The number of anilines is 1. The first-order valence-electron chi connectivity index (χ1n) is 6.12. The molecule has 1 N–H and O–H groups in total. The Kier molecular flexibility index (Phi) is 3.32. The fourth-order valence-electron chi connectivity index (χ4n) is 1.94. The van der Waals surface area contributed by atoms with E-state index in [4.69, 9.17) is 0 Å². The molecular weight excluding hydrogens is 301 g/mol. The highest BCUT2D eigenvalue weighted by Crippen LogP contribution is 2.30. The average Bonchev–Trinajstić information content (AvgIpc) is 3.02. The second-order valence-electron chi connectivity index (χ2n) is 4.57. The third kappa shape index (κ3) is 2.71. The van der Waals surface area contributed by atoms with E-state index in [1.54, 1.807) is 11.3 Å². The van der Waals surface area contributed by atoms with Crippen molar-refractivity contribution in [2.24, 2.45) is 0 Å². The lowest BCUT2D eigenvalue weighted by atomic mass is 10.2. The predicted octanol–water partition coefficient (Wildman–Crippen LogP) is 3.73. The molecule has 0 saturated heterocycles. The fourth-order valence-corrected chi connectivity index (χ4v) is 2.80. The van der Waals surface area contributed by atoms with Gasteiger partial charge in [0.05, 0.1) is 0 Å². The smallest absolute Gasteiger partial charge is 0.364 e. The summed E-state index contributed by atoms with van der Waals surface area (Å²) in [7, 11) is 0. The maximum atomic E-state index is 12.7. The zero-order valence-corrected chi connectivity index (χ0v) is 11.8. The van der Waals surface area contributed by atoms with Crippen LogP contribution in [0.1, 0.15) is 16.8 Å². The van der Waals surface area contributed by atoms with Gasteiger partial charge < -0.3 is 5.32 Å². The summed E-state index contributed by atoms with van der Waals surface area (Å²) in [4.78, 5) is 4.10. The van der Waals surface area contributed by atoms with Gasteiger partial charge in [-0.05, 0) is 28.8 Å². The molecule has 0 aliphatic heterocycles. The molecule has 0 unspecified atom stereocenters. The number of hydrogen-bond acceptors (Lipinski definition) is 4. The highest BCUT2D eigenvalue weighted by atomic mass is 32.1. The van der Waals surface area contributed by atoms with E-state index in [0.29, 0.717) is 17.9 Å². The summed E-state index contributed by atoms with van der Waals surface area (Å²) < 4.78 is 39.3. The van der Waals surface area contributed by atoms with Gasteiger partial charge in [0.2, 0.25) is 0 Å². The van der Waals surface area contributed by atoms with Gasteiger partial charge in [0.25, 0.3) is 0 Å². The lowest BCUT2D eigenvalue weighted by Gasteiger charge is -2.06. The minimum absolute atomic E-state index is 0.303. The second kappa shape index (κ2) is 5.03. The molecule has 0 fully saturated rings. The molecule has 4 nitrogen and oxygen atoms in total. The molecule has 0 saturated carbocycles. The second-order valence-corrected chi connectivity index (χ2v) is 5.31. The monoisotopic (exact) mass is 312 g/mol. The Morgan fingerprint density at radius 3 is 2.81 bits per heavy atom. The van der Waals surface area contributed by atoms with Crippen molar-refractivity contribution in [3.63, 3.8) is 0 Å². The molecule has 3 aromatic rings. The van der Waals surface area contributed by atoms with E-state index < -0.39 is 11.9 Å². The molecule has 110 valence electrons. The van der Waals surface area contributed by atoms with E-state index in [1.165, 1.54) is 16.9 Å². The third-order valence-electron chi connectivity index (χ3n) is 3.09. The van der Waals surface area contributed by atoms with Crippen molar-refractivity contribution < 1.29 is 13.2 Å². The van der Waals surface area contributed by atoms with Gasteiger partial charge >= 0.3 is 6.18 Å². The van der Waals surface area contributed by atoms with E-state index in [2.05, 4.69) is 15.4 Å². The maximum Gasteiger partial charge on any atom is 0.435 e. The Morgan fingerprint density at radius 2 is 2.14 bits per heavy atom. The average molecular weight is 312 g/mol. The lowest BCUT2D eigenvalue weighted by molar-refractivity contribution is -0.141. The van der Waals surface area contributed by atoms with Crippen LogP contribution < -0.4 is 5.32 Å². The lowest BCUT2D eigenvalue weighted by Crippen LogP contribution is -2.05. The molecule has 8 heteroatoms. The normalized spacial score (nSPS) is 12.0. The van der Waals surface area contributed by atoms with Gasteiger partial charge in [-0.15, -0.1) is 0 Å². The first-order chi connectivity index (χ1) is 9.95. The number of rotatable bonds is 3. The van der Waals surface area contributed by atoms with Crippen molar-refractivity contribution in [2.45, 2.75) is 19.6 Å². The summed E-state index contributed by atoms with van der Waals surface area (Å²) in [5, 5.41) is 10.6. The molecule has 21 heavy (non-hydrogen) atoms. The quantitative estimate of drug-likeness (QED) is 0.801. The summed E-state index contributed by atoms with van der Waals surface area (Å²) in [6.07, 6.45) is -1.65. The summed E-state index contributed by atoms with van der Waals surface area (Å²) in [5.41, 5.74) is 1.62. The van der Waals surface area contributed by atoms with E-state index in [1.807, 2.05) is 17.7 Å². The largest absolute Gasteiger partial charge is 0.435 e. The first-order valence-corrected chi connectivity index (χ1v) is 7.06. The molecule has 0 amide bonds. The van der Waals surface area contributed by atoms with Crippen molar-refractivity contribution in [1.82, 2.24) is 14.6 Å². The zero-order chi connectivity index (χ0) is 15.0. The summed E-state index contributed by atoms with van der Waals surface area (Å²) in [6.45, 7) is 2.50.